The Morgan fingerprint density at radius 2 is 1.00 bits per heavy atom. The lowest BCUT2D eigenvalue weighted by atomic mass is 10.1. The van der Waals surface area contributed by atoms with Gasteiger partial charge in [0.2, 0.25) is 10.2 Å². The molecule has 2 aromatic rings. The monoisotopic (exact) mass is 414 g/mol. The molecule has 140 valence electrons. The van der Waals surface area contributed by atoms with Gasteiger partial charge in [0, 0.05) is 19.6 Å². The van der Waals surface area contributed by atoms with Gasteiger partial charge in [-0.2, -0.15) is 0 Å². The summed E-state index contributed by atoms with van der Waals surface area (Å²) in [5.41, 5.74) is 4.31. The van der Waals surface area contributed by atoms with Crippen LogP contribution in [-0.4, -0.2) is 10.2 Å². The Bertz CT molecular complexity index is 808. The molecule has 2 rings (SSSR count). The first kappa shape index (κ1) is 21.6. The Labute approximate surface area is 173 Å². The lowest BCUT2D eigenvalue weighted by Crippen LogP contribution is -1.93. The maximum Gasteiger partial charge on any atom is 0.216 e. The number of hydrogen-bond donors (Lipinski definition) is 0. The first-order valence-electron chi connectivity index (χ1n) is 8.34. The quantitative estimate of drug-likeness (QED) is 0.389. The molecule has 0 radical (unpaired) electrons. The molecule has 2 aromatic carbocycles. The summed E-state index contributed by atoms with van der Waals surface area (Å²) in [5.74, 6) is 0. The third kappa shape index (κ3) is 5.64. The molecular formula is C22H22O2S3. The predicted molar refractivity (Wildman–Crippen MR) is 118 cm³/mol. The molecule has 0 aliphatic heterocycles. The molecule has 0 aromatic heterocycles. The lowest BCUT2D eigenvalue weighted by molar-refractivity contribution is -0.107. The largest absolute Gasteiger partial charge is 0.282 e. The fourth-order valence-electron chi connectivity index (χ4n) is 2.68. The number of thioether (sulfide) groups is 2. The van der Waals surface area contributed by atoms with E-state index in [2.05, 4.69) is 37.4 Å². The van der Waals surface area contributed by atoms with E-state index in [-0.39, 0.29) is 10.2 Å². The van der Waals surface area contributed by atoms with Gasteiger partial charge in [-0.05, 0) is 110 Å². The van der Waals surface area contributed by atoms with E-state index in [9.17, 15) is 9.59 Å². The molecule has 2 nitrogen and oxygen atoms in total. The number of aryl methyl sites for hydroxylation is 4. The SMILES string of the molecule is C=CC(=O)Sc1c(C)cc(Sc2cc(C)c(SC(=O)C=C)c(C)c2)cc1C. The third-order valence-corrected chi connectivity index (χ3v) is 7.22. The highest BCUT2D eigenvalue weighted by Gasteiger charge is 2.12. The summed E-state index contributed by atoms with van der Waals surface area (Å²) in [7, 11) is 0. The van der Waals surface area contributed by atoms with E-state index in [0.29, 0.717) is 0 Å². The van der Waals surface area contributed by atoms with E-state index < -0.39 is 0 Å². The van der Waals surface area contributed by atoms with Gasteiger partial charge in [0.25, 0.3) is 0 Å². The highest BCUT2D eigenvalue weighted by atomic mass is 32.2. The molecule has 0 bridgehead atoms. The van der Waals surface area contributed by atoms with E-state index >= 15 is 0 Å². The fraction of sp³-hybridized carbons (Fsp3) is 0.182. The molecule has 0 aliphatic rings. The van der Waals surface area contributed by atoms with Crippen LogP contribution in [0.2, 0.25) is 0 Å². The molecule has 0 heterocycles. The second-order valence-electron chi connectivity index (χ2n) is 6.12. The second kappa shape index (κ2) is 9.49. The highest BCUT2D eigenvalue weighted by Crippen LogP contribution is 2.37. The van der Waals surface area contributed by atoms with Crippen LogP contribution in [-0.2, 0) is 9.59 Å². The van der Waals surface area contributed by atoms with E-state index in [0.717, 1.165) is 41.8 Å². The van der Waals surface area contributed by atoms with Crippen molar-refractivity contribution in [3.8, 4) is 0 Å². The second-order valence-corrected chi connectivity index (χ2v) is 9.30. The van der Waals surface area contributed by atoms with Crippen LogP contribution in [0.5, 0.6) is 0 Å². The molecule has 0 saturated heterocycles. The Morgan fingerprint density at radius 1 is 0.704 bits per heavy atom. The number of hydrogen-bond acceptors (Lipinski definition) is 5. The van der Waals surface area contributed by atoms with Gasteiger partial charge in [-0.3, -0.25) is 9.59 Å². The minimum atomic E-state index is -0.0463. The number of benzene rings is 2. The summed E-state index contributed by atoms with van der Waals surface area (Å²) in [5, 5.41) is -0.0926. The van der Waals surface area contributed by atoms with Gasteiger partial charge >= 0.3 is 0 Å². The van der Waals surface area contributed by atoms with Crippen molar-refractivity contribution in [3.63, 3.8) is 0 Å². The van der Waals surface area contributed by atoms with Crippen molar-refractivity contribution in [1.29, 1.82) is 0 Å². The van der Waals surface area contributed by atoms with Crippen LogP contribution in [0.15, 0.2) is 69.2 Å². The lowest BCUT2D eigenvalue weighted by Gasteiger charge is -2.13. The molecule has 0 aliphatic carbocycles. The summed E-state index contributed by atoms with van der Waals surface area (Å²) < 4.78 is 0. The number of rotatable bonds is 6. The van der Waals surface area contributed by atoms with Gasteiger partial charge in [0.05, 0.1) is 0 Å². The van der Waals surface area contributed by atoms with Crippen LogP contribution < -0.4 is 0 Å². The van der Waals surface area contributed by atoms with Crippen molar-refractivity contribution >= 4 is 45.5 Å². The van der Waals surface area contributed by atoms with Crippen molar-refractivity contribution < 1.29 is 9.59 Å². The van der Waals surface area contributed by atoms with Crippen LogP contribution in [0.1, 0.15) is 22.3 Å². The van der Waals surface area contributed by atoms with Crippen LogP contribution in [0, 0.1) is 27.7 Å². The van der Waals surface area contributed by atoms with Gasteiger partial charge in [-0.1, -0.05) is 24.9 Å². The first-order valence-corrected chi connectivity index (χ1v) is 10.8. The topological polar surface area (TPSA) is 34.1 Å². The molecule has 0 N–H and O–H groups in total. The molecule has 0 fully saturated rings. The number of carbonyl (C=O) groups excluding carboxylic acids is 2. The zero-order chi connectivity index (χ0) is 20.1. The van der Waals surface area contributed by atoms with Crippen LogP contribution in [0.25, 0.3) is 0 Å². The van der Waals surface area contributed by atoms with E-state index in [4.69, 9.17) is 0 Å². The van der Waals surface area contributed by atoms with E-state index in [1.165, 1.54) is 35.7 Å². The normalized spacial score (nSPS) is 10.5. The molecule has 0 unspecified atom stereocenters. The van der Waals surface area contributed by atoms with Gasteiger partial charge in [0.1, 0.15) is 0 Å². The first-order chi connectivity index (χ1) is 12.7. The predicted octanol–water partition coefficient (Wildman–Crippen LogP) is 6.68. The van der Waals surface area contributed by atoms with Crippen molar-refractivity contribution in [2.75, 3.05) is 0 Å². The molecule has 27 heavy (non-hydrogen) atoms. The minimum Gasteiger partial charge on any atom is -0.282 e. The van der Waals surface area contributed by atoms with E-state index in [1.807, 2.05) is 27.7 Å². The molecule has 0 atom stereocenters. The average Bonchev–Trinajstić information content (AvgIpc) is 2.60. The van der Waals surface area contributed by atoms with Crippen molar-refractivity contribution in [1.82, 2.24) is 0 Å². The van der Waals surface area contributed by atoms with Crippen molar-refractivity contribution in [2.24, 2.45) is 0 Å². The maximum atomic E-state index is 11.7. The van der Waals surface area contributed by atoms with Crippen LogP contribution in [0.4, 0.5) is 0 Å². The highest BCUT2D eigenvalue weighted by molar-refractivity contribution is 8.14. The smallest absolute Gasteiger partial charge is 0.216 e. The zero-order valence-corrected chi connectivity index (χ0v) is 18.4. The molecule has 0 spiro atoms. The zero-order valence-electron chi connectivity index (χ0n) is 15.9. The Hall–Kier alpha value is -1.69. The van der Waals surface area contributed by atoms with Crippen LogP contribution >= 0.6 is 35.3 Å². The summed E-state index contributed by atoms with van der Waals surface area (Å²) in [6.07, 6.45) is 2.68. The summed E-state index contributed by atoms with van der Waals surface area (Å²) >= 11 is 4.12. The minimum absolute atomic E-state index is 0.0463. The van der Waals surface area contributed by atoms with E-state index in [1.54, 1.807) is 11.8 Å². The van der Waals surface area contributed by atoms with Gasteiger partial charge in [0.15, 0.2) is 0 Å². The average molecular weight is 415 g/mol. The van der Waals surface area contributed by atoms with Crippen molar-refractivity contribution in [2.45, 2.75) is 47.3 Å². The molecular weight excluding hydrogens is 392 g/mol. The van der Waals surface area contributed by atoms with Gasteiger partial charge in [-0.25, -0.2) is 0 Å². The molecule has 5 heteroatoms. The van der Waals surface area contributed by atoms with Crippen molar-refractivity contribution in [3.05, 3.63) is 71.8 Å². The maximum absolute atomic E-state index is 11.7. The fourth-order valence-corrected chi connectivity index (χ4v) is 5.35. The molecule has 0 amide bonds. The summed E-state index contributed by atoms with van der Waals surface area (Å²) in [4.78, 5) is 27.6. The molecule has 0 saturated carbocycles. The third-order valence-electron chi connectivity index (χ3n) is 3.84. The number of carbonyl (C=O) groups is 2. The standard InChI is InChI=1S/C22H22O2S3/c1-7-19(23)26-21-13(3)9-17(10-14(21)4)25-18-11-15(5)22(16(6)12-18)27-20(24)8-2/h7-12H,1-2H2,3-6H3. The Kier molecular flexibility index (Phi) is 7.59. The Morgan fingerprint density at radius 3 is 1.26 bits per heavy atom. The summed E-state index contributed by atoms with van der Waals surface area (Å²) in [6.45, 7) is 15.2. The Balaban J connectivity index is 2.29. The summed E-state index contributed by atoms with van der Waals surface area (Å²) in [6, 6.07) is 8.41. The van der Waals surface area contributed by atoms with Gasteiger partial charge < -0.3 is 0 Å². The van der Waals surface area contributed by atoms with Gasteiger partial charge in [-0.15, -0.1) is 0 Å². The van der Waals surface area contributed by atoms with Crippen LogP contribution in [0.3, 0.4) is 0 Å².